The largest absolute Gasteiger partial charge is 0.299 e. The van der Waals surface area contributed by atoms with Gasteiger partial charge in [0.1, 0.15) is 5.78 Å². The van der Waals surface area contributed by atoms with Crippen molar-refractivity contribution in [2.24, 2.45) is 17.8 Å². The number of hydrogen-bond donors (Lipinski definition) is 0. The van der Waals surface area contributed by atoms with Crippen LogP contribution in [0, 0.1) is 17.8 Å². The molecule has 0 aromatic heterocycles. The molecule has 1 fully saturated rings. The van der Waals surface area contributed by atoms with Crippen LogP contribution in [0.15, 0.2) is 42.5 Å². The van der Waals surface area contributed by atoms with E-state index in [2.05, 4.69) is 36.4 Å². The van der Waals surface area contributed by atoms with Crippen LogP contribution < -0.4 is 0 Å². The van der Waals surface area contributed by atoms with Crippen molar-refractivity contribution in [1.29, 1.82) is 0 Å². The summed E-state index contributed by atoms with van der Waals surface area (Å²) in [7, 11) is 0. The van der Waals surface area contributed by atoms with E-state index >= 15 is 0 Å². The zero-order valence-electron chi connectivity index (χ0n) is 9.30. The van der Waals surface area contributed by atoms with Crippen molar-refractivity contribution in [2.45, 2.75) is 19.3 Å². The van der Waals surface area contributed by atoms with Crippen molar-refractivity contribution in [3.05, 3.63) is 48.0 Å². The number of ketones is 1. The summed E-state index contributed by atoms with van der Waals surface area (Å²) < 4.78 is 0. The molecular weight excluding hydrogens is 196 g/mol. The lowest BCUT2D eigenvalue weighted by molar-refractivity contribution is -0.127. The number of carbonyl (C=O) groups excluding carboxylic acids is 1. The molecule has 2 bridgehead atoms. The molecule has 16 heavy (non-hydrogen) atoms. The lowest BCUT2D eigenvalue weighted by atomic mass is 9.76. The Kier molecular flexibility index (Phi) is 2.39. The lowest BCUT2D eigenvalue weighted by Gasteiger charge is -2.26. The molecule has 2 aliphatic carbocycles. The van der Waals surface area contributed by atoms with Crippen LogP contribution in [-0.4, -0.2) is 5.78 Å². The number of Topliss-reactive ketones (excluding diaryl/α,β-unsaturated/α-hetero) is 1. The lowest BCUT2D eigenvalue weighted by Crippen LogP contribution is -2.29. The highest BCUT2D eigenvalue weighted by Crippen LogP contribution is 2.38. The fourth-order valence-corrected chi connectivity index (χ4v) is 3.03. The van der Waals surface area contributed by atoms with E-state index < -0.39 is 0 Å². The van der Waals surface area contributed by atoms with Gasteiger partial charge in [-0.25, -0.2) is 0 Å². The average molecular weight is 212 g/mol. The number of rotatable bonds is 2. The SMILES string of the molecule is O=C1[C@@H](Cc2ccccc2)C[C@H]2C=C[C@@H]1C2. The van der Waals surface area contributed by atoms with Crippen molar-refractivity contribution in [2.75, 3.05) is 0 Å². The maximum atomic E-state index is 12.1. The van der Waals surface area contributed by atoms with Gasteiger partial charge in [0.25, 0.3) is 0 Å². The van der Waals surface area contributed by atoms with E-state index in [9.17, 15) is 4.79 Å². The summed E-state index contributed by atoms with van der Waals surface area (Å²) in [5.41, 5.74) is 1.29. The Labute approximate surface area is 96.2 Å². The van der Waals surface area contributed by atoms with E-state index in [1.807, 2.05) is 6.07 Å². The predicted octanol–water partition coefficient (Wildman–Crippen LogP) is 3.01. The van der Waals surface area contributed by atoms with Gasteiger partial charge in [-0.2, -0.15) is 0 Å². The monoisotopic (exact) mass is 212 g/mol. The highest BCUT2D eigenvalue weighted by molar-refractivity contribution is 5.86. The summed E-state index contributed by atoms with van der Waals surface area (Å²) in [5.74, 6) is 1.61. The summed E-state index contributed by atoms with van der Waals surface area (Å²) >= 11 is 0. The zero-order valence-corrected chi connectivity index (χ0v) is 9.30. The standard InChI is InChI=1S/C15H16O/c16-15-13-7-6-12(9-13)10-14(15)8-11-4-2-1-3-5-11/h1-7,12-14H,8-10H2/t12-,13+,14-/m0/s1. The van der Waals surface area contributed by atoms with Crippen molar-refractivity contribution >= 4 is 5.78 Å². The third kappa shape index (κ3) is 1.71. The van der Waals surface area contributed by atoms with Crippen LogP contribution in [0.4, 0.5) is 0 Å². The van der Waals surface area contributed by atoms with Gasteiger partial charge in [-0.05, 0) is 30.7 Å². The Balaban J connectivity index is 1.75. The molecule has 1 saturated carbocycles. The minimum atomic E-state index is 0.229. The number of carbonyl (C=O) groups is 1. The molecule has 0 heterocycles. The summed E-state index contributed by atoms with van der Waals surface area (Å²) in [4.78, 5) is 12.1. The third-order valence-electron chi connectivity index (χ3n) is 3.85. The number of allylic oxidation sites excluding steroid dienone is 2. The first-order valence-electron chi connectivity index (χ1n) is 6.09. The Morgan fingerprint density at radius 3 is 2.69 bits per heavy atom. The summed E-state index contributed by atoms with van der Waals surface area (Å²) in [5, 5.41) is 0. The third-order valence-corrected chi connectivity index (χ3v) is 3.85. The van der Waals surface area contributed by atoms with E-state index in [4.69, 9.17) is 0 Å². The van der Waals surface area contributed by atoms with E-state index in [1.54, 1.807) is 0 Å². The second-order valence-corrected chi connectivity index (χ2v) is 5.01. The van der Waals surface area contributed by atoms with Crippen molar-refractivity contribution in [3.63, 3.8) is 0 Å². The second kappa shape index (κ2) is 3.89. The summed E-state index contributed by atoms with van der Waals surface area (Å²) in [6, 6.07) is 10.4. The first-order chi connectivity index (χ1) is 7.83. The molecule has 1 nitrogen and oxygen atoms in total. The Bertz CT molecular complexity index is 418. The first kappa shape index (κ1) is 9.83. The molecule has 0 unspecified atom stereocenters. The Morgan fingerprint density at radius 1 is 1.06 bits per heavy atom. The fraction of sp³-hybridized carbons (Fsp3) is 0.400. The molecule has 0 spiro atoms. The molecule has 1 aromatic carbocycles. The molecule has 0 radical (unpaired) electrons. The van der Waals surface area contributed by atoms with Crippen molar-refractivity contribution in [3.8, 4) is 0 Å². The normalized spacial score (nSPS) is 32.0. The number of fused-ring (bicyclic) bond motifs is 2. The Morgan fingerprint density at radius 2 is 1.88 bits per heavy atom. The molecule has 0 aliphatic heterocycles. The van der Waals surface area contributed by atoms with Gasteiger partial charge >= 0.3 is 0 Å². The van der Waals surface area contributed by atoms with Crippen LogP contribution in [0.25, 0.3) is 0 Å². The van der Waals surface area contributed by atoms with Gasteiger partial charge in [0.15, 0.2) is 0 Å². The predicted molar refractivity (Wildman–Crippen MR) is 64.0 cm³/mol. The van der Waals surface area contributed by atoms with Gasteiger partial charge in [-0.3, -0.25) is 4.79 Å². The molecule has 1 heteroatoms. The second-order valence-electron chi connectivity index (χ2n) is 5.01. The molecule has 82 valence electrons. The van der Waals surface area contributed by atoms with Crippen LogP contribution in [0.5, 0.6) is 0 Å². The van der Waals surface area contributed by atoms with Crippen molar-refractivity contribution in [1.82, 2.24) is 0 Å². The zero-order chi connectivity index (χ0) is 11.0. The molecule has 0 saturated heterocycles. The quantitative estimate of drug-likeness (QED) is 0.689. The van der Waals surface area contributed by atoms with E-state index in [0.29, 0.717) is 11.7 Å². The van der Waals surface area contributed by atoms with E-state index in [0.717, 1.165) is 19.3 Å². The Hall–Kier alpha value is -1.37. The van der Waals surface area contributed by atoms with Crippen LogP contribution >= 0.6 is 0 Å². The average Bonchev–Trinajstić information content (AvgIpc) is 2.72. The van der Waals surface area contributed by atoms with Gasteiger partial charge in [0.2, 0.25) is 0 Å². The summed E-state index contributed by atoms with van der Waals surface area (Å²) in [6.45, 7) is 0. The maximum Gasteiger partial charge on any atom is 0.143 e. The van der Waals surface area contributed by atoms with Gasteiger partial charge in [-0.1, -0.05) is 42.5 Å². The number of benzene rings is 1. The van der Waals surface area contributed by atoms with Gasteiger partial charge in [0, 0.05) is 11.8 Å². The molecule has 3 atom stereocenters. The van der Waals surface area contributed by atoms with E-state index in [1.165, 1.54) is 5.56 Å². The van der Waals surface area contributed by atoms with Crippen LogP contribution in [0.1, 0.15) is 18.4 Å². The molecule has 2 aliphatic rings. The van der Waals surface area contributed by atoms with Gasteiger partial charge in [-0.15, -0.1) is 0 Å². The highest BCUT2D eigenvalue weighted by Gasteiger charge is 2.37. The molecule has 1 aromatic rings. The smallest absolute Gasteiger partial charge is 0.143 e. The fourth-order valence-electron chi connectivity index (χ4n) is 3.03. The van der Waals surface area contributed by atoms with Gasteiger partial charge < -0.3 is 0 Å². The van der Waals surface area contributed by atoms with Crippen LogP contribution in [0.2, 0.25) is 0 Å². The molecule has 0 N–H and O–H groups in total. The summed E-state index contributed by atoms with van der Waals surface area (Å²) in [6.07, 6.45) is 7.42. The highest BCUT2D eigenvalue weighted by atomic mass is 16.1. The minimum Gasteiger partial charge on any atom is -0.299 e. The number of hydrogen-bond acceptors (Lipinski definition) is 1. The van der Waals surface area contributed by atoms with Crippen LogP contribution in [-0.2, 0) is 11.2 Å². The first-order valence-corrected chi connectivity index (χ1v) is 6.09. The molecule has 0 amide bonds. The maximum absolute atomic E-state index is 12.1. The topological polar surface area (TPSA) is 17.1 Å². The molecular formula is C15H16O. The van der Waals surface area contributed by atoms with Gasteiger partial charge in [0.05, 0.1) is 0 Å². The minimum absolute atomic E-state index is 0.229. The van der Waals surface area contributed by atoms with E-state index in [-0.39, 0.29) is 11.8 Å². The van der Waals surface area contributed by atoms with Crippen LogP contribution in [0.3, 0.4) is 0 Å². The van der Waals surface area contributed by atoms with Crippen molar-refractivity contribution < 1.29 is 4.79 Å². The molecule has 3 rings (SSSR count).